The Morgan fingerprint density at radius 2 is 2.15 bits per heavy atom. The molecule has 0 aliphatic rings. The van der Waals surface area contributed by atoms with Gasteiger partial charge in [-0.05, 0) is 43.0 Å². The van der Waals surface area contributed by atoms with Crippen molar-refractivity contribution < 1.29 is 22.7 Å². The first-order chi connectivity index (χ1) is 9.27. The molecule has 2 N–H and O–H groups in total. The van der Waals surface area contributed by atoms with E-state index < -0.39 is 27.9 Å². The second kappa shape index (κ2) is 7.05. The van der Waals surface area contributed by atoms with Gasteiger partial charge in [0.25, 0.3) is 0 Å². The maximum Gasteiger partial charge on any atom is 0.321 e. The Labute approximate surface area is 121 Å². The summed E-state index contributed by atoms with van der Waals surface area (Å²) in [4.78, 5) is 10.7. The summed E-state index contributed by atoms with van der Waals surface area (Å²) >= 11 is 1.42. The highest BCUT2D eigenvalue weighted by Crippen LogP contribution is 2.15. The zero-order valence-corrected chi connectivity index (χ0v) is 12.7. The van der Waals surface area contributed by atoms with Crippen LogP contribution in [0, 0.1) is 12.7 Å². The number of benzene rings is 1. The normalized spacial score (nSPS) is 13.2. The van der Waals surface area contributed by atoms with Crippen LogP contribution in [-0.4, -0.2) is 37.5 Å². The molecule has 1 atom stereocenters. The molecule has 1 rings (SSSR count). The van der Waals surface area contributed by atoms with Gasteiger partial charge < -0.3 is 5.11 Å². The average molecular weight is 321 g/mol. The quantitative estimate of drug-likeness (QED) is 0.797. The smallest absolute Gasteiger partial charge is 0.321 e. The van der Waals surface area contributed by atoms with Gasteiger partial charge in [0.05, 0.1) is 4.90 Å². The van der Waals surface area contributed by atoms with E-state index in [1.54, 1.807) is 6.26 Å². The maximum absolute atomic E-state index is 13.4. The van der Waals surface area contributed by atoms with Crippen molar-refractivity contribution in [2.45, 2.75) is 24.3 Å². The molecule has 0 saturated carbocycles. The summed E-state index contributed by atoms with van der Waals surface area (Å²) in [5, 5.41) is 9.00. The fraction of sp³-hybridized carbons (Fsp3) is 0.417. The summed E-state index contributed by atoms with van der Waals surface area (Å²) in [6.07, 6.45) is 1.95. The second-order valence-corrected chi connectivity index (χ2v) is 6.90. The lowest BCUT2D eigenvalue weighted by molar-refractivity contribution is -0.139. The van der Waals surface area contributed by atoms with Crippen molar-refractivity contribution in [3.8, 4) is 0 Å². The van der Waals surface area contributed by atoms with E-state index in [1.165, 1.54) is 30.8 Å². The van der Waals surface area contributed by atoms with E-state index in [0.717, 1.165) is 6.07 Å². The molecule has 1 aromatic rings. The van der Waals surface area contributed by atoms with Gasteiger partial charge in [0.2, 0.25) is 10.0 Å². The van der Waals surface area contributed by atoms with Gasteiger partial charge in [0, 0.05) is 0 Å². The molecule has 8 heteroatoms. The van der Waals surface area contributed by atoms with Gasteiger partial charge in [0.15, 0.2) is 0 Å². The summed E-state index contributed by atoms with van der Waals surface area (Å²) < 4.78 is 39.5. The molecule has 0 spiro atoms. The van der Waals surface area contributed by atoms with E-state index in [0.29, 0.717) is 11.3 Å². The summed E-state index contributed by atoms with van der Waals surface area (Å²) in [5.74, 6) is -1.40. The third kappa shape index (κ3) is 4.46. The van der Waals surface area contributed by atoms with Gasteiger partial charge in [0.1, 0.15) is 11.9 Å². The molecular formula is C12H16FNO4S2. The Bertz CT molecular complexity index is 589. The first-order valence-corrected chi connectivity index (χ1v) is 8.66. The van der Waals surface area contributed by atoms with Crippen LogP contribution in [0.3, 0.4) is 0 Å². The molecule has 0 radical (unpaired) electrons. The van der Waals surface area contributed by atoms with Crippen molar-refractivity contribution in [2.75, 3.05) is 12.0 Å². The van der Waals surface area contributed by atoms with Crippen molar-refractivity contribution in [3.05, 3.63) is 29.6 Å². The minimum absolute atomic E-state index is 0.157. The van der Waals surface area contributed by atoms with E-state index in [-0.39, 0.29) is 11.3 Å². The maximum atomic E-state index is 13.4. The Balaban J connectivity index is 2.97. The highest BCUT2D eigenvalue weighted by molar-refractivity contribution is 7.98. The summed E-state index contributed by atoms with van der Waals surface area (Å²) in [6.45, 7) is 1.51. The Morgan fingerprint density at radius 3 is 2.65 bits per heavy atom. The van der Waals surface area contributed by atoms with E-state index in [4.69, 9.17) is 5.11 Å². The SMILES string of the molecule is CSCCC(NS(=O)(=O)c1ccc(C)c(F)c1)C(=O)O. The van der Waals surface area contributed by atoms with Gasteiger partial charge in [-0.2, -0.15) is 16.5 Å². The number of nitrogens with one attached hydrogen (secondary N) is 1. The average Bonchev–Trinajstić information content (AvgIpc) is 2.37. The van der Waals surface area contributed by atoms with Crippen LogP contribution < -0.4 is 4.72 Å². The molecular weight excluding hydrogens is 305 g/mol. The van der Waals surface area contributed by atoms with Crippen LogP contribution in [0.15, 0.2) is 23.1 Å². The number of sulfonamides is 1. The monoisotopic (exact) mass is 321 g/mol. The molecule has 0 aliphatic carbocycles. The lowest BCUT2D eigenvalue weighted by Crippen LogP contribution is -2.41. The highest BCUT2D eigenvalue weighted by Gasteiger charge is 2.25. The minimum atomic E-state index is -4.05. The zero-order chi connectivity index (χ0) is 15.3. The summed E-state index contributed by atoms with van der Waals surface area (Å²) in [5.41, 5.74) is 0.320. The van der Waals surface area contributed by atoms with Gasteiger partial charge in [-0.25, -0.2) is 12.8 Å². The molecule has 0 amide bonds. The first kappa shape index (κ1) is 16.9. The number of carboxylic acid groups (broad SMARTS) is 1. The van der Waals surface area contributed by atoms with E-state index in [9.17, 15) is 17.6 Å². The molecule has 1 aromatic carbocycles. The molecule has 0 fully saturated rings. The third-order valence-corrected chi connectivity index (χ3v) is 4.77. The fourth-order valence-corrected chi connectivity index (χ4v) is 3.17. The number of halogens is 1. The lowest BCUT2D eigenvalue weighted by Gasteiger charge is -2.14. The molecule has 20 heavy (non-hydrogen) atoms. The number of aliphatic carboxylic acids is 1. The number of carboxylic acids is 1. The largest absolute Gasteiger partial charge is 0.480 e. The number of thioether (sulfide) groups is 1. The van der Waals surface area contributed by atoms with Gasteiger partial charge in [-0.1, -0.05) is 6.07 Å². The van der Waals surface area contributed by atoms with Gasteiger partial charge >= 0.3 is 5.97 Å². The predicted octanol–water partition coefficient (Wildman–Crippen LogP) is 1.62. The Morgan fingerprint density at radius 1 is 1.50 bits per heavy atom. The van der Waals surface area contributed by atoms with Crippen molar-refractivity contribution in [3.63, 3.8) is 0 Å². The van der Waals surface area contributed by atoms with Crippen LogP contribution in [0.2, 0.25) is 0 Å². The fourth-order valence-electron chi connectivity index (χ4n) is 1.46. The predicted molar refractivity (Wildman–Crippen MR) is 75.9 cm³/mol. The van der Waals surface area contributed by atoms with Crippen molar-refractivity contribution >= 4 is 27.8 Å². The van der Waals surface area contributed by atoms with Crippen LogP contribution in [0.1, 0.15) is 12.0 Å². The number of rotatable bonds is 7. The van der Waals surface area contributed by atoms with Crippen LogP contribution in [-0.2, 0) is 14.8 Å². The van der Waals surface area contributed by atoms with Crippen molar-refractivity contribution in [1.29, 1.82) is 0 Å². The minimum Gasteiger partial charge on any atom is -0.480 e. The number of hydrogen-bond acceptors (Lipinski definition) is 4. The van der Waals surface area contributed by atoms with Crippen LogP contribution in [0.25, 0.3) is 0 Å². The van der Waals surface area contributed by atoms with Gasteiger partial charge in [-0.3, -0.25) is 4.79 Å². The highest BCUT2D eigenvalue weighted by atomic mass is 32.2. The Hall–Kier alpha value is -1.12. The van der Waals surface area contributed by atoms with Crippen LogP contribution >= 0.6 is 11.8 Å². The summed E-state index contributed by atoms with van der Waals surface area (Å²) in [6, 6.07) is 2.23. The van der Waals surface area contributed by atoms with Crippen LogP contribution in [0.5, 0.6) is 0 Å². The third-order valence-electron chi connectivity index (χ3n) is 2.66. The molecule has 1 unspecified atom stereocenters. The molecule has 0 bridgehead atoms. The molecule has 112 valence electrons. The standard InChI is InChI=1S/C12H16FNO4S2/c1-8-3-4-9(7-10(8)13)20(17,18)14-11(12(15)16)5-6-19-2/h3-4,7,11,14H,5-6H2,1-2H3,(H,15,16). The van der Waals surface area contributed by atoms with E-state index in [1.807, 2.05) is 0 Å². The van der Waals surface area contributed by atoms with E-state index in [2.05, 4.69) is 4.72 Å². The lowest BCUT2D eigenvalue weighted by atomic mass is 10.2. The number of hydrogen-bond donors (Lipinski definition) is 2. The topological polar surface area (TPSA) is 83.5 Å². The molecule has 0 heterocycles. The molecule has 0 aromatic heterocycles. The van der Waals surface area contributed by atoms with Gasteiger partial charge in [-0.15, -0.1) is 0 Å². The number of carbonyl (C=O) groups is 1. The van der Waals surface area contributed by atoms with Crippen molar-refractivity contribution in [2.24, 2.45) is 0 Å². The molecule has 0 saturated heterocycles. The molecule has 5 nitrogen and oxygen atoms in total. The summed E-state index contributed by atoms with van der Waals surface area (Å²) in [7, 11) is -4.05. The number of aryl methyl sites for hydroxylation is 1. The first-order valence-electron chi connectivity index (χ1n) is 5.78. The zero-order valence-electron chi connectivity index (χ0n) is 11.1. The molecule has 0 aliphatic heterocycles. The van der Waals surface area contributed by atoms with Crippen LogP contribution in [0.4, 0.5) is 4.39 Å². The second-order valence-electron chi connectivity index (χ2n) is 4.20. The Kier molecular flexibility index (Phi) is 5.97. The van der Waals surface area contributed by atoms with Crippen molar-refractivity contribution in [1.82, 2.24) is 4.72 Å². The van der Waals surface area contributed by atoms with E-state index >= 15 is 0 Å².